The molecule has 3 aromatic carbocycles. The Hall–Kier alpha value is -4.21. The number of nitriles is 1. The number of anilines is 1. The van der Waals surface area contributed by atoms with Crippen LogP contribution in [0.25, 0.3) is 0 Å². The van der Waals surface area contributed by atoms with Crippen LogP contribution < -0.4 is 5.32 Å². The highest BCUT2D eigenvalue weighted by Crippen LogP contribution is 2.38. The number of nitrogens with one attached hydrogen (secondary N) is 1. The summed E-state index contributed by atoms with van der Waals surface area (Å²) in [6.07, 6.45) is 2.52. The van der Waals surface area contributed by atoms with Crippen LogP contribution in [0.5, 0.6) is 0 Å². The van der Waals surface area contributed by atoms with Crippen molar-refractivity contribution in [2.75, 3.05) is 18.5 Å². The Morgan fingerprint density at radius 3 is 2.56 bits per heavy atom. The monoisotopic (exact) mass is 607 g/mol. The van der Waals surface area contributed by atoms with E-state index in [4.69, 9.17) is 26.3 Å². The van der Waals surface area contributed by atoms with Gasteiger partial charge < -0.3 is 19.9 Å². The fourth-order valence-corrected chi connectivity index (χ4v) is 5.38. The average Bonchev–Trinajstić information content (AvgIpc) is 3.50. The molecule has 1 saturated heterocycles. The number of hydrogen-bond donors (Lipinski definition) is 2. The molecular formula is C31H28ClF2N5O4. The summed E-state index contributed by atoms with van der Waals surface area (Å²) >= 11 is 6.05. The van der Waals surface area contributed by atoms with E-state index in [1.165, 1.54) is 35.5 Å². The van der Waals surface area contributed by atoms with Crippen LogP contribution in [0.15, 0.2) is 73.3 Å². The van der Waals surface area contributed by atoms with Crippen LogP contribution in [0.2, 0.25) is 5.02 Å². The Labute approximate surface area is 251 Å². The molecule has 2 heterocycles. The number of hydrogen-bond acceptors (Lipinski definition) is 7. The van der Waals surface area contributed by atoms with Gasteiger partial charge in [0.2, 0.25) is 0 Å². The molecule has 0 aliphatic carbocycles. The van der Waals surface area contributed by atoms with Gasteiger partial charge in [0.1, 0.15) is 36.0 Å². The highest BCUT2D eigenvalue weighted by atomic mass is 35.5. The van der Waals surface area contributed by atoms with Gasteiger partial charge in [0.25, 0.3) is 5.91 Å². The first-order valence-electron chi connectivity index (χ1n) is 13.5. The molecule has 222 valence electrons. The summed E-state index contributed by atoms with van der Waals surface area (Å²) in [5.41, 5.74) is 0.179. The van der Waals surface area contributed by atoms with Crippen molar-refractivity contribution in [2.45, 2.75) is 31.8 Å². The Balaban J connectivity index is 1.20. The molecular weight excluding hydrogens is 580 g/mol. The van der Waals surface area contributed by atoms with Crippen LogP contribution in [0, 0.1) is 34.8 Å². The molecule has 2 atom stereocenters. The van der Waals surface area contributed by atoms with Gasteiger partial charge in [-0.15, -0.1) is 0 Å². The molecule has 9 nitrogen and oxygen atoms in total. The molecule has 1 aliphatic rings. The molecule has 0 saturated carbocycles. The second kappa shape index (κ2) is 13.0. The minimum absolute atomic E-state index is 0.0289. The Bertz CT molecular complexity index is 1620. The summed E-state index contributed by atoms with van der Waals surface area (Å²) in [4.78, 5) is 16.6. The maximum atomic E-state index is 14.8. The molecule has 1 fully saturated rings. The lowest BCUT2D eigenvalue weighted by Gasteiger charge is -2.38. The molecule has 12 heteroatoms. The first kappa shape index (κ1) is 30.3. The first-order valence-corrected chi connectivity index (χ1v) is 13.9. The van der Waals surface area contributed by atoms with Crippen LogP contribution in [-0.2, 0) is 21.6 Å². The number of ether oxygens (including phenoxy) is 2. The van der Waals surface area contributed by atoms with E-state index in [1.807, 2.05) is 6.07 Å². The van der Waals surface area contributed by atoms with Crippen molar-refractivity contribution >= 4 is 23.2 Å². The number of benzene rings is 3. The maximum absolute atomic E-state index is 14.8. The summed E-state index contributed by atoms with van der Waals surface area (Å²) in [6, 6.07) is 16.5. The van der Waals surface area contributed by atoms with Crippen LogP contribution in [0.4, 0.5) is 14.5 Å². The van der Waals surface area contributed by atoms with Crippen LogP contribution >= 0.6 is 11.6 Å². The van der Waals surface area contributed by atoms with Crippen molar-refractivity contribution in [3.05, 3.63) is 112 Å². The third-order valence-electron chi connectivity index (χ3n) is 7.53. The number of rotatable bonds is 9. The van der Waals surface area contributed by atoms with Crippen molar-refractivity contribution in [2.24, 2.45) is 11.8 Å². The van der Waals surface area contributed by atoms with Gasteiger partial charge in [-0.3, -0.25) is 4.79 Å². The second-order valence-corrected chi connectivity index (χ2v) is 10.9. The molecule has 0 bridgehead atoms. The van der Waals surface area contributed by atoms with E-state index in [1.54, 1.807) is 37.3 Å². The third-order valence-corrected chi connectivity index (χ3v) is 7.84. The van der Waals surface area contributed by atoms with Crippen LogP contribution in [0.3, 0.4) is 0 Å². The van der Waals surface area contributed by atoms with E-state index >= 15 is 0 Å². The van der Waals surface area contributed by atoms with E-state index in [-0.39, 0.29) is 29.0 Å². The lowest BCUT2D eigenvalue weighted by molar-refractivity contribution is -0.210. The number of amides is 1. The molecule has 5 rings (SSSR count). The van der Waals surface area contributed by atoms with E-state index in [2.05, 4.69) is 15.4 Å². The third kappa shape index (κ3) is 6.89. The number of nitrogens with zero attached hydrogens (tertiary/aromatic N) is 4. The Morgan fingerprint density at radius 1 is 1.19 bits per heavy atom. The molecule has 2 N–H and O–H groups in total. The van der Waals surface area contributed by atoms with Crippen molar-refractivity contribution in [3.8, 4) is 6.07 Å². The molecule has 0 spiro atoms. The van der Waals surface area contributed by atoms with Gasteiger partial charge in [-0.1, -0.05) is 36.7 Å². The topological polar surface area (TPSA) is 122 Å². The van der Waals surface area contributed by atoms with Crippen molar-refractivity contribution < 1.29 is 28.2 Å². The van der Waals surface area contributed by atoms with Gasteiger partial charge in [0.15, 0.2) is 6.29 Å². The van der Waals surface area contributed by atoms with Gasteiger partial charge >= 0.3 is 0 Å². The fourth-order valence-electron chi connectivity index (χ4n) is 5.15. The van der Waals surface area contributed by atoms with Crippen LogP contribution in [-0.4, -0.2) is 39.0 Å². The quantitative estimate of drug-likeness (QED) is 0.254. The van der Waals surface area contributed by atoms with Gasteiger partial charge in [-0.2, -0.15) is 10.4 Å². The lowest BCUT2D eigenvalue weighted by atomic mass is 9.77. The second-order valence-electron chi connectivity index (χ2n) is 10.5. The van der Waals surface area contributed by atoms with E-state index in [9.17, 15) is 18.7 Å². The summed E-state index contributed by atoms with van der Waals surface area (Å²) in [6.45, 7) is 2.36. The zero-order valence-corrected chi connectivity index (χ0v) is 23.8. The Morgan fingerprint density at radius 2 is 1.93 bits per heavy atom. The number of carbonyl (C=O) groups excluding carboxylic acids is 1. The standard InChI is InChI=1S/C31H28ClF2N5O4/c1-19(31(41,16-39-18-36-17-37-39)26-9-7-24(33)11-28(26)34)10-20-14-42-30(43-15-20)22-4-2-21(3-5-22)29(40)38-25-8-6-23(13-35)27(32)12-25/h2-9,11-12,17-20,30,41H,10,14-16H2,1H3,(H,38,40). The SMILES string of the molecule is CC(CC1COC(c2ccc(C(=O)Nc3ccc(C#N)c(Cl)c3)cc2)OC1)C(O)(Cn1cncn1)c1ccc(F)cc1F. The molecule has 1 aliphatic heterocycles. The molecule has 2 unspecified atom stereocenters. The van der Waals surface area contributed by atoms with E-state index < -0.39 is 29.4 Å². The molecule has 43 heavy (non-hydrogen) atoms. The number of halogens is 3. The van der Waals surface area contributed by atoms with Crippen molar-refractivity contribution in [3.63, 3.8) is 0 Å². The van der Waals surface area contributed by atoms with Gasteiger partial charge in [0.05, 0.1) is 30.3 Å². The minimum Gasteiger partial charge on any atom is -0.383 e. The zero-order chi connectivity index (χ0) is 30.6. The molecule has 0 radical (unpaired) electrons. The summed E-state index contributed by atoms with van der Waals surface area (Å²) in [7, 11) is 0. The normalized spacial score (nSPS) is 18.8. The van der Waals surface area contributed by atoms with Gasteiger partial charge in [-0.05, 0) is 48.7 Å². The van der Waals surface area contributed by atoms with Crippen molar-refractivity contribution in [1.29, 1.82) is 5.26 Å². The smallest absolute Gasteiger partial charge is 0.255 e. The summed E-state index contributed by atoms with van der Waals surface area (Å²) < 4.78 is 41.8. The minimum atomic E-state index is -1.71. The fraction of sp³-hybridized carbons (Fsp3) is 0.290. The summed E-state index contributed by atoms with van der Waals surface area (Å²) in [5.74, 6) is -2.52. The average molecular weight is 608 g/mol. The van der Waals surface area contributed by atoms with Crippen LogP contribution in [0.1, 0.15) is 46.7 Å². The zero-order valence-electron chi connectivity index (χ0n) is 23.1. The maximum Gasteiger partial charge on any atom is 0.255 e. The van der Waals surface area contributed by atoms with Crippen molar-refractivity contribution in [1.82, 2.24) is 14.8 Å². The Kier molecular flexibility index (Phi) is 9.13. The van der Waals surface area contributed by atoms with Gasteiger partial charge in [0, 0.05) is 34.4 Å². The first-order chi connectivity index (χ1) is 20.7. The predicted octanol–water partition coefficient (Wildman–Crippen LogP) is 5.61. The van der Waals surface area contributed by atoms with E-state index in [0.717, 1.165) is 17.7 Å². The van der Waals surface area contributed by atoms with E-state index in [0.29, 0.717) is 36.4 Å². The highest BCUT2D eigenvalue weighted by molar-refractivity contribution is 6.32. The largest absolute Gasteiger partial charge is 0.383 e. The number of aromatic nitrogens is 3. The molecule has 1 amide bonds. The predicted molar refractivity (Wildman–Crippen MR) is 153 cm³/mol. The number of aliphatic hydroxyl groups is 1. The summed E-state index contributed by atoms with van der Waals surface area (Å²) in [5, 5.41) is 27.8. The molecule has 4 aromatic rings. The highest BCUT2D eigenvalue weighted by Gasteiger charge is 2.40. The lowest BCUT2D eigenvalue weighted by Crippen LogP contribution is -2.41. The molecule has 1 aromatic heterocycles. The number of carbonyl (C=O) groups is 1. The van der Waals surface area contributed by atoms with Gasteiger partial charge in [-0.25, -0.2) is 18.4 Å².